The Morgan fingerprint density at radius 3 is 2.36 bits per heavy atom. The minimum Gasteiger partial charge on any atom is -0.381 e. The van der Waals surface area contributed by atoms with Crippen molar-refractivity contribution in [1.29, 1.82) is 0 Å². The van der Waals surface area contributed by atoms with E-state index in [2.05, 4.69) is 97.4 Å². The van der Waals surface area contributed by atoms with E-state index in [-0.39, 0.29) is 29.7 Å². The lowest BCUT2D eigenvalue weighted by Gasteiger charge is -2.38. The number of fused-ring (bicyclic) bond motifs is 6. The molecule has 3 N–H and O–H groups in total. The first-order valence-corrected chi connectivity index (χ1v) is 21.6. The zero-order chi connectivity index (χ0) is 39.5. The maximum absolute atomic E-state index is 12.9. The lowest BCUT2D eigenvalue weighted by atomic mass is 9.88. The van der Waals surface area contributed by atoms with Crippen LogP contribution in [0.25, 0.3) is 43.1 Å². The minimum absolute atomic E-state index is 0.00782. The number of likely N-dealkylation sites (tertiary alicyclic amines) is 1. The maximum Gasteiger partial charge on any atom is 0.263 e. The third kappa shape index (κ3) is 6.88. The van der Waals surface area contributed by atoms with Gasteiger partial charge in [-0.1, -0.05) is 24.3 Å². The largest absolute Gasteiger partial charge is 0.381 e. The molecule has 1 unspecified atom stereocenters. The highest BCUT2D eigenvalue weighted by Gasteiger charge is 2.32. The van der Waals surface area contributed by atoms with Crippen LogP contribution >= 0.6 is 11.3 Å². The van der Waals surface area contributed by atoms with Crippen LogP contribution in [0.15, 0.2) is 66.7 Å². The Kier molecular flexibility index (Phi) is 9.61. The molecule has 0 aliphatic carbocycles. The highest BCUT2D eigenvalue weighted by atomic mass is 32.1. The lowest BCUT2D eigenvalue weighted by molar-refractivity contribution is -0.134. The number of amides is 3. The number of hydrogen-bond acceptors (Lipinski definition) is 10. The van der Waals surface area contributed by atoms with Gasteiger partial charge in [0, 0.05) is 97.4 Å². The van der Waals surface area contributed by atoms with Gasteiger partial charge < -0.3 is 20.4 Å². The number of nitrogens with zero attached hydrogens (tertiary/aromatic N) is 6. The van der Waals surface area contributed by atoms with Crippen molar-refractivity contribution in [2.24, 2.45) is 7.05 Å². The van der Waals surface area contributed by atoms with Crippen molar-refractivity contribution in [2.75, 3.05) is 69.1 Å². The molecule has 0 saturated carbocycles. The van der Waals surface area contributed by atoms with Crippen molar-refractivity contribution < 1.29 is 14.4 Å². The zero-order valence-electron chi connectivity index (χ0n) is 33.1. The average molecular weight is 796 g/mol. The summed E-state index contributed by atoms with van der Waals surface area (Å²) in [5, 5.41) is 17.0. The van der Waals surface area contributed by atoms with E-state index in [4.69, 9.17) is 10.1 Å². The topological polar surface area (TPSA) is 128 Å². The summed E-state index contributed by atoms with van der Waals surface area (Å²) < 4.78 is 2.96. The molecule has 0 spiro atoms. The van der Waals surface area contributed by atoms with E-state index >= 15 is 0 Å². The van der Waals surface area contributed by atoms with Crippen LogP contribution in [-0.2, 0) is 16.6 Å². The number of carbonyl (C=O) groups is 3. The lowest BCUT2D eigenvalue weighted by Crippen LogP contribution is -2.49. The van der Waals surface area contributed by atoms with Gasteiger partial charge in [0.1, 0.15) is 4.88 Å². The Morgan fingerprint density at radius 2 is 1.59 bits per heavy atom. The number of pyridine rings is 1. The van der Waals surface area contributed by atoms with Crippen molar-refractivity contribution >= 4 is 72.3 Å². The second kappa shape index (κ2) is 15.1. The number of piperazine rings is 1. The number of hydrogen-bond donors (Lipinski definition) is 3. The van der Waals surface area contributed by atoms with Gasteiger partial charge in [-0.15, -0.1) is 11.3 Å². The zero-order valence-corrected chi connectivity index (χ0v) is 33.9. The van der Waals surface area contributed by atoms with Crippen LogP contribution in [0.3, 0.4) is 0 Å². The molecule has 0 bridgehead atoms. The van der Waals surface area contributed by atoms with Crippen LogP contribution in [0.5, 0.6) is 0 Å². The molecule has 3 saturated heterocycles. The molecule has 4 aliphatic heterocycles. The molecule has 58 heavy (non-hydrogen) atoms. The number of rotatable bonds is 7. The fourth-order valence-corrected chi connectivity index (χ4v) is 10.6. The maximum atomic E-state index is 12.9. The standard InChI is InChI=1S/C45H49N9O3S/c1-27-26-46-42-40-32-9-11-35(48-36(32)12-13-38(40)58-43(42)45(57)47-27)30-5-3-28(4-6-30)29-15-17-52(18-16-29)19-20-53-21-23-54(24-22-53)31-7-8-33-37(25-31)51(2)50-41(33)34-10-14-39(55)49-44(34)56/h3-9,11-13,25,27,29,34,46H,10,14-24,26H2,1-2H3,(H,47,57)(H,49,55,56)/t27-,34?/m1/s1. The molecule has 10 rings (SSSR count). The third-order valence-electron chi connectivity index (χ3n) is 12.9. The van der Waals surface area contributed by atoms with E-state index in [0.717, 1.165) is 112 Å². The van der Waals surface area contributed by atoms with Crippen LogP contribution in [-0.4, -0.2) is 107 Å². The second-order valence-electron chi connectivity index (χ2n) is 16.5. The number of anilines is 2. The van der Waals surface area contributed by atoms with E-state index in [1.807, 2.05) is 18.7 Å². The second-order valence-corrected chi connectivity index (χ2v) is 17.6. The minimum atomic E-state index is -0.389. The van der Waals surface area contributed by atoms with E-state index in [1.165, 1.54) is 24.1 Å². The average Bonchev–Trinajstić information content (AvgIpc) is 3.75. The van der Waals surface area contributed by atoms with Gasteiger partial charge in [-0.2, -0.15) is 5.10 Å². The number of nitrogens with one attached hydrogen (secondary N) is 3. The normalized spacial score (nSPS) is 21.3. The number of aromatic nitrogens is 3. The molecule has 2 atom stereocenters. The van der Waals surface area contributed by atoms with Gasteiger partial charge in [0.15, 0.2) is 0 Å². The number of thiophene rings is 1. The highest BCUT2D eigenvalue weighted by molar-refractivity contribution is 7.21. The van der Waals surface area contributed by atoms with Gasteiger partial charge in [0.05, 0.1) is 34.0 Å². The SMILES string of the molecule is C[C@@H]1CNc2c(sc3ccc4nc(-c5ccc(C6CCN(CCN7CCN(c8ccc9c(C%10CCC(=O)NC%10=O)nn(C)c9c8)CC7)CC6)cc5)ccc4c23)C(=O)N1. The van der Waals surface area contributed by atoms with Crippen molar-refractivity contribution in [3.05, 3.63) is 82.9 Å². The molecular formula is C45H49N9O3S. The summed E-state index contributed by atoms with van der Waals surface area (Å²) in [7, 11) is 1.93. The number of piperidine rings is 2. The molecular weight excluding hydrogens is 747 g/mol. The first-order chi connectivity index (χ1) is 28.3. The molecule has 4 aliphatic rings. The van der Waals surface area contributed by atoms with Crippen LogP contribution in [0.1, 0.15) is 65.4 Å². The summed E-state index contributed by atoms with van der Waals surface area (Å²) in [5.74, 6) is -0.273. The van der Waals surface area contributed by atoms with E-state index in [1.54, 1.807) is 11.3 Å². The molecule has 298 valence electrons. The fourth-order valence-electron chi connectivity index (χ4n) is 9.50. The van der Waals surface area contributed by atoms with Gasteiger partial charge in [0.2, 0.25) is 11.8 Å². The number of benzene rings is 3. The van der Waals surface area contributed by atoms with Crippen LogP contribution < -0.4 is 20.9 Å². The first kappa shape index (κ1) is 36.9. The summed E-state index contributed by atoms with van der Waals surface area (Å²) in [4.78, 5) is 50.6. The fraction of sp³-hybridized carbons (Fsp3) is 0.400. The van der Waals surface area contributed by atoms with Crippen LogP contribution in [0, 0.1) is 0 Å². The van der Waals surface area contributed by atoms with Crippen LogP contribution in [0.4, 0.5) is 11.4 Å². The summed E-state index contributed by atoms with van der Waals surface area (Å²) in [6.45, 7) is 11.2. The summed E-state index contributed by atoms with van der Waals surface area (Å²) >= 11 is 1.54. The molecule has 3 amide bonds. The van der Waals surface area contributed by atoms with E-state index < -0.39 is 0 Å². The Labute approximate surface area is 341 Å². The smallest absolute Gasteiger partial charge is 0.263 e. The van der Waals surface area contributed by atoms with Gasteiger partial charge in [0.25, 0.3) is 5.91 Å². The van der Waals surface area contributed by atoms with Crippen molar-refractivity contribution in [3.8, 4) is 11.3 Å². The Morgan fingerprint density at radius 1 is 0.828 bits per heavy atom. The van der Waals surface area contributed by atoms with Crippen molar-refractivity contribution in [1.82, 2.24) is 35.2 Å². The third-order valence-corrected chi connectivity index (χ3v) is 14.0. The summed E-state index contributed by atoms with van der Waals surface area (Å²) in [6, 6.07) is 24.0. The summed E-state index contributed by atoms with van der Waals surface area (Å²) in [6.07, 6.45) is 3.20. The molecule has 6 aromatic rings. The molecule has 7 heterocycles. The van der Waals surface area contributed by atoms with Gasteiger partial charge >= 0.3 is 0 Å². The monoisotopic (exact) mass is 795 g/mol. The van der Waals surface area contributed by atoms with E-state index in [9.17, 15) is 14.4 Å². The Bertz CT molecular complexity index is 2570. The predicted molar refractivity (Wildman–Crippen MR) is 231 cm³/mol. The number of aryl methyl sites for hydroxylation is 1. The highest BCUT2D eigenvalue weighted by Crippen LogP contribution is 2.41. The molecule has 12 nitrogen and oxygen atoms in total. The van der Waals surface area contributed by atoms with Crippen molar-refractivity contribution in [2.45, 2.75) is 50.5 Å². The molecule has 3 aromatic heterocycles. The van der Waals surface area contributed by atoms with E-state index in [0.29, 0.717) is 25.3 Å². The van der Waals surface area contributed by atoms with Crippen LogP contribution in [0.2, 0.25) is 0 Å². The quantitative estimate of drug-likeness (QED) is 0.165. The first-order valence-electron chi connectivity index (χ1n) is 20.8. The van der Waals surface area contributed by atoms with Crippen molar-refractivity contribution in [3.63, 3.8) is 0 Å². The molecule has 13 heteroatoms. The number of imide groups is 1. The van der Waals surface area contributed by atoms with Gasteiger partial charge in [-0.25, -0.2) is 4.98 Å². The Balaban J connectivity index is 0.715. The molecule has 0 radical (unpaired) electrons. The Hall–Kier alpha value is -5.37. The predicted octanol–water partition coefficient (Wildman–Crippen LogP) is 6.07. The summed E-state index contributed by atoms with van der Waals surface area (Å²) in [5.41, 5.74) is 8.33. The van der Waals surface area contributed by atoms with Gasteiger partial charge in [-0.3, -0.25) is 29.3 Å². The molecule has 3 aromatic carbocycles. The number of carbonyl (C=O) groups excluding carboxylic acids is 3. The van der Waals surface area contributed by atoms with Gasteiger partial charge in [-0.05, 0) is 93.2 Å². The molecule has 3 fully saturated rings.